The Bertz CT molecular complexity index is 152. The molecule has 1 saturated heterocycles. The number of hydrogen-bond donors (Lipinski definition) is 0. The summed E-state index contributed by atoms with van der Waals surface area (Å²) in [6.07, 6.45) is 1.07. The first-order chi connectivity index (χ1) is 4.77. The molecule has 1 rings (SSSR count). The zero-order chi connectivity index (χ0) is 7.56. The molecule has 1 aliphatic heterocycles. The van der Waals surface area contributed by atoms with Crippen LogP contribution in [0, 0.1) is 17.2 Å². The molecule has 0 amide bonds. The van der Waals surface area contributed by atoms with E-state index in [1.807, 2.05) is 0 Å². The third kappa shape index (κ3) is 1.61. The van der Waals surface area contributed by atoms with Crippen molar-refractivity contribution in [3.63, 3.8) is 0 Å². The summed E-state index contributed by atoms with van der Waals surface area (Å²) >= 11 is 2.38. The summed E-state index contributed by atoms with van der Waals surface area (Å²) in [7, 11) is 2.10. The normalized spacial score (nSPS) is 34.1. The van der Waals surface area contributed by atoms with E-state index in [0.717, 1.165) is 17.4 Å². The van der Waals surface area contributed by atoms with E-state index >= 15 is 0 Å². The van der Waals surface area contributed by atoms with Crippen LogP contribution in [0.3, 0.4) is 0 Å². The standard InChI is InChI=1S/C7H11IN2/c1-10-5-6(4-9)2-7(10)3-8/h6-7H,2-3,5H2,1H3/t6-,7-/m0/s1. The number of rotatable bonds is 1. The van der Waals surface area contributed by atoms with Crippen LogP contribution in [0.5, 0.6) is 0 Å². The molecule has 0 spiro atoms. The van der Waals surface area contributed by atoms with Gasteiger partial charge in [-0.25, -0.2) is 0 Å². The predicted molar refractivity (Wildman–Crippen MR) is 49.0 cm³/mol. The molecule has 0 aromatic heterocycles. The zero-order valence-electron chi connectivity index (χ0n) is 6.05. The first-order valence-corrected chi connectivity index (χ1v) is 4.96. The van der Waals surface area contributed by atoms with Gasteiger partial charge < -0.3 is 4.90 Å². The van der Waals surface area contributed by atoms with Gasteiger partial charge >= 0.3 is 0 Å². The fourth-order valence-electron chi connectivity index (χ4n) is 1.35. The van der Waals surface area contributed by atoms with Gasteiger partial charge in [-0.05, 0) is 13.5 Å². The molecule has 0 aromatic carbocycles. The smallest absolute Gasteiger partial charge is 0.0669 e. The Morgan fingerprint density at radius 2 is 2.50 bits per heavy atom. The highest BCUT2D eigenvalue weighted by atomic mass is 127. The third-order valence-corrected chi connectivity index (χ3v) is 3.07. The number of likely N-dealkylation sites (tertiary alicyclic amines) is 1. The van der Waals surface area contributed by atoms with Crippen molar-refractivity contribution < 1.29 is 0 Å². The number of nitrogens with zero attached hydrogens (tertiary/aromatic N) is 2. The molecule has 1 aliphatic rings. The maximum atomic E-state index is 8.62. The first kappa shape index (κ1) is 8.28. The van der Waals surface area contributed by atoms with Crippen LogP contribution in [0.1, 0.15) is 6.42 Å². The maximum Gasteiger partial charge on any atom is 0.0669 e. The van der Waals surface area contributed by atoms with Gasteiger partial charge in [0.2, 0.25) is 0 Å². The molecular weight excluding hydrogens is 239 g/mol. The second-order valence-corrected chi connectivity index (χ2v) is 3.69. The Labute approximate surface area is 75.3 Å². The quantitative estimate of drug-likeness (QED) is 0.517. The van der Waals surface area contributed by atoms with Gasteiger partial charge in [0.15, 0.2) is 0 Å². The van der Waals surface area contributed by atoms with Crippen LogP contribution >= 0.6 is 22.6 Å². The maximum absolute atomic E-state index is 8.62. The van der Waals surface area contributed by atoms with E-state index in [1.54, 1.807) is 0 Å². The van der Waals surface area contributed by atoms with Crippen LogP contribution in [-0.2, 0) is 0 Å². The van der Waals surface area contributed by atoms with Crippen molar-refractivity contribution in [2.24, 2.45) is 5.92 Å². The number of nitriles is 1. The van der Waals surface area contributed by atoms with Crippen molar-refractivity contribution in [3.8, 4) is 6.07 Å². The highest BCUT2D eigenvalue weighted by Crippen LogP contribution is 2.21. The molecule has 2 nitrogen and oxygen atoms in total. The van der Waals surface area contributed by atoms with E-state index in [9.17, 15) is 0 Å². The van der Waals surface area contributed by atoms with E-state index in [2.05, 4.69) is 40.6 Å². The van der Waals surface area contributed by atoms with Crippen LogP contribution in [0.15, 0.2) is 0 Å². The van der Waals surface area contributed by atoms with Crippen LogP contribution in [0.25, 0.3) is 0 Å². The fourth-order valence-corrected chi connectivity index (χ4v) is 2.39. The molecule has 0 aromatic rings. The molecule has 0 saturated carbocycles. The van der Waals surface area contributed by atoms with Gasteiger partial charge in [-0.15, -0.1) is 0 Å². The van der Waals surface area contributed by atoms with E-state index in [1.165, 1.54) is 0 Å². The Balaban J connectivity index is 2.46. The second-order valence-electron chi connectivity index (χ2n) is 2.81. The third-order valence-electron chi connectivity index (χ3n) is 2.05. The SMILES string of the molecule is CN1C[C@H](C#N)C[C@H]1CI. The van der Waals surface area contributed by atoms with Gasteiger partial charge in [0.05, 0.1) is 12.0 Å². The Morgan fingerprint density at radius 3 is 2.80 bits per heavy atom. The molecular formula is C7H11IN2. The number of halogens is 1. The molecule has 1 heterocycles. The molecule has 0 unspecified atom stereocenters. The molecule has 1 fully saturated rings. The molecule has 3 heteroatoms. The highest BCUT2D eigenvalue weighted by Gasteiger charge is 2.27. The summed E-state index contributed by atoms with van der Waals surface area (Å²) < 4.78 is 1.15. The average Bonchev–Trinajstić information content (AvgIpc) is 2.30. The Hall–Kier alpha value is 0.180. The minimum Gasteiger partial charge on any atom is -0.301 e. The predicted octanol–water partition coefficient (Wildman–Crippen LogP) is 1.27. The molecule has 0 radical (unpaired) electrons. The summed E-state index contributed by atoms with van der Waals surface area (Å²) in [6.45, 7) is 0.962. The lowest BCUT2D eigenvalue weighted by Crippen LogP contribution is -2.25. The van der Waals surface area contributed by atoms with E-state index in [4.69, 9.17) is 5.26 Å². The average molecular weight is 250 g/mol. The first-order valence-electron chi connectivity index (χ1n) is 3.43. The largest absolute Gasteiger partial charge is 0.301 e. The van der Waals surface area contributed by atoms with E-state index in [0.29, 0.717) is 6.04 Å². The minimum atomic E-state index is 0.282. The van der Waals surface area contributed by atoms with Crippen LogP contribution < -0.4 is 0 Å². The summed E-state index contributed by atoms with van der Waals surface area (Å²) in [4.78, 5) is 2.28. The summed E-state index contributed by atoms with van der Waals surface area (Å²) in [5.74, 6) is 0.282. The molecule has 0 bridgehead atoms. The Kier molecular flexibility index (Phi) is 2.93. The summed E-state index contributed by atoms with van der Waals surface area (Å²) in [5, 5.41) is 8.62. The Morgan fingerprint density at radius 1 is 1.80 bits per heavy atom. The lowest BCUT2D eigenvalue weighted by molar-refractivity contribution is 0.335. The van der Waals surface area contributed by atoms with E-state index < -0.39 is 0 Å². The number of alkyl halides is 1. The van der Waals surface area contributed by atoms with Gasteiger partial charge in [-0.3, -0.25) is 0 Å². The molecule has 10 heavy (non-hydrogen) atoms. The number of hydrogen-bond acceptors (Lipinski definition) is 2. The van der Waals surface area contributed by atoms with Crippen molar-refractivity contribution in [2.45, 2.75) is 12.5 Å². The molecule has 56 valence electrons. The monoisotopic (exact) mass is 250 g/mol. The summed E-state index contributed by atoms with van der Waals surface area (Å²) in [6, 6.07) is 2.96. The van der Waals surface area contributed by atoms with Crippen molar-refractivity contribution in [3.05, 3.63) is 0 Å². The topological polar surface area (TPSA) is 27.0 Å². The van der Waals surface area contributed by atoms with Crippen LogP contribution in [0.2, 0.25) is 0 Å². The van der Waals surface area contributed by atoms with Gasteiger partial charge in [-0.1, -0.05) is 22.6 Å². The van der Waals surface area contributed by atoms with Crippen molar-refractivity contribution in [1.82, 2.24) is 4.90 Å². The van der Waals surface area contributed by atoms with Gasteiger partial charge in [0.25, 0.3) is 0 Å². The van der Waals surface area contributed by atoms with Gasteiger partial charge in [0, 0.05) is 17.0 Å². The van der Waals surface area contributed by atoms with Gasteiger partial charge in [-0.2, -0.15) is 5.26 Å². The van der Waals surface area contributed by atoms with Crippen molar-refractivity contribution >= 4 is 22.6 Å². The lowest BCUT2D eigenvalue weighted by atomic mass is 10.1. The van der Waals surface area contributed by atoms with Crippen LogP contribution in [-0.4, -0.2) is 29.0 Å². The van der Waals surface area contributed by atoms with E-state index in [-0.39, 0.29) is 5.92 Å². The molecule has 0 aliphatic carbocycles. The summed E-state index contributed by atoms with van der Waals surface area (Å²) in [5.41, 5.74) is 0. The minimum absolute atomic E-state index is 0.282. The lowest BCUT2D eigenvalue weighted by Gasteiger charge is -2.14. The molecule has 0 N–H and O–H groups in total. The van der Waals surface area contributed by atoms with Crippen LogP contribution in [0.4, 0.5) is 0 Å². The zero-order valence-corrected chi connectivity index (χ0v) is 8.21. The van der Waals surface area contributed by atoms with Crippen molar-refractivity contribution in [2.75, 3.05) is 18.0 Å². The highest BCUT2D eigenvalue weighted by molar-refractivity contribution is 14.1. The van der Waals surface area contributed by atoms with Crippen molar-refractivity contribution in [1.29, 1.82) is 5.26 Å². The molecule has 2 atom stereocenters. The fraction of sp³-hybridized carbons (Fsp3) is 0.857. The van der Waals surface area contributed by atoms with Gasteiger partial charge in [0.1, 0.15) is 0 Å². The second kappa shape index (κ2) is 3.54.